The summed E-state index contributed by atoms with van der Waals surface area (Å²) in [6.45, 7) is 2.38. The zero-order valence-electron chi connectivity index (χ0n) is 22.9. The van der Waals surface area contributed by atoms with Crippen LogP contribution in [0.1, 0.15) is 46.5 Å². The third-order valence-electron chi connectivity index (χ3n) is 8.94. The third-order valence-corrected chi connectivity index (χ3v) is 9.96. The summed E-state index contributed by atoms with van der Waals surface area (Å²) in [5.74, 6) is -5.87. The number of carbonyl (C=O) groups is 4. The summed E-state index contributed by atoms with van der Waals surface area (Å²) in [5, 5.41) is -4.77. The molecule has 5 aliphatic rings. The Labute approximate surface area is 239 Å². The minimum atomic E-state index is -5.85. The molecule has 11 unspecified atom stereocenters. The van der Waals surface area contributed by atoms with Crippen LogP contribution in [-0.2, 0) is 62.5 Å². The van der Waals surface area contributed by atoms with Crippen molar-refractivity contribution in [2.24, 2.45) is 17.8 Å². The van der Waals surface area contributed by atoms with Crippen molar-refractivity contribution in [1.29, 1.82) is 0 Å². The smallest absolute Gasteiger partial charge is 0.405 e. The Morgan fingerprint density at radius 2 is 1.79 bits per heavy atom. The molecule has 5 aliphatic heterocycles. The van der Waals surface area contributed by atoms with Crippen molar-refractivity contribution in [3.05, 3.63) is 0 Å². The van der Waals surface area contributed by atoms with Gasteiger partial charge in [-0.1, -0.05) is 6.92 Å². The molecule has 5 fully saturated rings. The molecule has 0 aromatic heterocycles. The van der Waals surface area contributed by atoms with E-state index in [2.05, 4.69) is 4.74 Å². The van der Waals surface area contributed by atoms with Crippen LogP contribution < -0.4 is 0 Å². The van der Waals surface area contributed by atoms with E-state index >= 15 is 0 Å². The number of rotatable bonds is 12. The van der Waals surface area contributed by atoms with Crippen molar-refractivity contribution >= 4 is 34.0 Å². The Bertz CT molecular complexity index is 1240. The molecule has 4 bridgehead atoms. The fraction of sp³-hybridized carbons (Fsp3) is 0.840. The zero-order valence-corrected chi connectivity index (χ0v) is 23.8. The molecule has 0 aromatic carbocycles. The molecular formula is C25H32F2O14S. The summed E-state index contributed by atoms with van der Waals surface area (Å²) < 4.78 is 94.8. The van der Waals surface area contributed by atoms with Gasteiger partial charge in [-0.25, -0.2) is 9.59 Å². The van der Waals surface area contributed by atoms with Gasteiger partial charge in [0.1, 0.15) is 42.9 Å². The van der Waals surface area contributed by atoms with Crippen molar-refractivity contribution in [1.82, 2.24) is 0 Å². The number of hydrogen-bond acceptors (Lipinski definition) is 13. The van der Waals surface area contributed by atoms with Gasteiger partial charge >= 0.3 is 39.2 Å². The average molecular weight is 627 g/mol. The molecule has 5 heterocycles. The molecule has 0 radical (unpaired) electrons. The van der Waals surface area contributed by atoms with E-state index in [0.29, 0.717) is 13.3 Å². The fourth-order valence-electron chi connectivity index (χ4n) is 6.64. The summed E-state index contributed by atoms with van der Waals surface area (Å²) in [7, 11) is -5.85. The van der Waals surface area contributed by atoms with E-state index in [0.717, 1.165) is 19.3 Å². The Hall–Kier alpha value is -2.47. The molecule has 14 nitrogen and oxygen atoms in total. The van der Waals surface area contributed by atoms with Crippen LogP contribution in [0, 0.1) is 17.8 Å². The van der Waals surface area contributed by atoms with Gasteiger partial charge in [-0.3, -0.25) is 14.1 Å². The van der Waals surface area contributed by atoms with Crippen molar-refractivity contribution in [3.8, 4) is 0 Å². The molecule has 11 atom stereocenters. The monoisotopic (exact) mass is 626 g/mol. The van der Waals surface area contributed by atoms with Gasteiger partial charge in [-0.2, -0.15) is 17.2 Å². The molecule has 0 saturated carbocycles. The number of fused-ring (bicyclic) bond motifs is 3. The summed E-state index contributed by atoms with van der Waals surface area (Å²) >= 11 is 0. The van der Waals surface area contributed by atoms with Gasteiger partial charge in [0.15, 0.2) is 18.3 Å². The van der Waals surface area contributed by atoms with Crippen LogP contribution in [-0.4, -0.2) is 104 Å². The Morgan fingerprint density at radius 3 is 2.38 bits per heavy atom. The average Bonchev–Trinajstić information content (AvgIpc) is 3.71. The van der Waals surface area contributed by atoms with E-state index in [1.807, 2.05) is 13.8 Å². The minimum absolute atomic E-state index is 0.00675. The second-order valence-corrected chi connectivity index (χ2v) is 12.9. The van der Waals surface area contributed by atoms with Crippen LogP contribution in [0.15, 0.2) is 0 Å². The highest BCUT2D eigenvalue weighted by atomic mass is 32.2. The van der Waals surface area contributed by atoms with Gasteiger partial charge in [0.25, 0.3) is 0 Å². The molecule has 0 aliphatic carbocycles. The van der Waals surface area contributed by atoms with Crippen LogP contribution in [0.2, 0.25) is 0 Å². The Morgan fingerprint density at radius 1 is 1.10 bits per heavy atom. The highest BCUT2D eigenvalue weighted by Crippen LogP contribution is 2.53. The number of alkyl halides is 2. The topological polar surface area (TPSA) is 187 Å². The lowest BCUT2D eigenvalue weighted by Gasteiger charge is -2.39. The predicted molar refractivity (Wildman–Crippen MR) is 129 cm³/mol. The molecule has 0 amide bonds. The van der Waals surface area contributed by atoms with Gasteiger partial charge < -0.3 is 33.2 Å². The van der Waals surface area contributed by atoms with Crippen molar-refractivity contribution in [2.45, 2.75) is 100 Å². The standard InChI is InChI=1S/C25H32F2O14S/c1-4-24(3,12-7-11-5-6-13(12)37-11)41-23(31)17-16-18-21(40-22(16)30)20(19(17)39-18)38-15(29)9-35-8-14(28)36-10(2)25(26,27)42(32,33)34/h10-13,16-21H,4-9H2,1-3H3,(H,32,33,34). The number of esters is 4. The highest BCUT2D eigenvalue weighted by molar-refractivity contribution is 7.86. The summed E-state index contributed by atoms with van der Waals surface area (Å²) in [6.07, 6.45) is -3.33. The zero-order chi connectivity index (χ0) is 30.8. The van der Waals surface area contributed by atoms with Crippen LogP contribution in [0.3, 0.4) is 0 Å². The summed E-state index contributed by atoms with van der Waals surface area (Å²) in [4.78, 5) is 50.4. The number of carbonyl (C=O) groups excluding carboxylic acids is 4. The second kappa shape index (κ2) is 10.9. The normalized spacial score (nSPS) is 36.8. The van der Waals surface area contributed by atoms with Crippen molar-refractivity contribution in [3.63, 3.8) is 0 Å². The maximum absolute atomic E-state index is 13.5. The summed E-state index contributed by atoms with van der Waals surface area (Å²) in [6, 6.07) is 0. The number of halogens is 2. The number of hydrogen-bond donors (Lipinski definition) is 1. The molecule has 1 N–H and O–H groups in total. The van der Waals surface area contributed by atoms with Crippen molar-refractivity contribution < 1.29 is 74.1 Å². The Kier molecular flexibility index (Phi) is 8.04. The van der Waals surface area contributed by atoms with E-state index in [9.17, 15) is 36.4 Å². The fourth-order valence-corrected chi connectivity index (χ4v) is 7.11. The van der Waals surface area contributed by atoms with Crippen LogP contribution >= 0.6 is 0 Å². The van der Waals surface area contributed by atoms with Crippen LogP contribution in [0.5, 0.6) is 0 Å². The van der Waals surface area contributed by atoms with Gasteiger partial charge in [0.2, 0.25) is 0 Å². The highest BCUT2D eigenvalue weighted by Gasteiger charge is 2.72. The first-order chi connectivity index (χ1) is 19.6. The Balaban J connectivity index is 1.16. The lowest BCUT2D eigenvalue weighted by molar-refractivity contribution is -0.180. The molecule has 0 spiro atoms. The maximum atomic E-state index is 13.5. The molecule has 236 valence electrons. The first-order valence-electron chi connectivity index (χ1n) is 13.6. The lowest BCUT2D eigenvalue weighted by atomic mass is 9.75. The quantitative estimate of drug-likeness (QED) is 0.180. The molecule has 42 heavy (non-hydrogen) atoms. The predicted octanol–water partition coefficient (Wildman–Crippen LogP) is 0.545. The molecule has 0 aromatic rings. The van der Waals surface area contributed by atoms with E-state index in [-0.39, 0.29) is 18.1 Å². The van der Waals surface area contributed by atoms with Gasteiger partial charge in [-0.15, -0.1) is 0 Å². The van der Waals surface area contributed by atoms with E-state index in [4.69, 9.17) is 33.0 Å². The van der Waals surface area contributed by atoms with E-state index in [1.165, 1.54) is 0 Å². The van der Waals surface area contributed by atoms with E-state index < -0.39 is 100 Å². The van der Waals surface area contributed by atoms with Gasteiger partial charge in [0, 0.05) is 5.92 Å². The lowest BCUT2D eigenvalue weighted by Crippen LogP contribution is -2.51. The molecule has 5 rings (SSSR count). The van der Waals surface area contributed by atoms with Crippen LogP contribution in [0.4, 0.5) is 8.78 Å². The molecule has 17 heteroatoms. The molecular weight excluding hydrogens is 594 g/mol. The maximum Gasteiger partial charge on any atom is 0.405 e. The van der Waals surface area contributed by atoms with Gasteiger partial charge in [0.05, 0.1) is 12.2 Å². The van der Waals surface area contributed by atoms with Gasteiger partial charge in [-0.05, 0) is 39.5 Å². The molecule has 5 saturated heterocycles. The summed E-state index contributed by atoms with van der Waals surface area (Å²) in [5.41, 5.74) is -0.849. The first-order valence-corrected chi connectivity index (χ1v) is 15.1. The largest absolute Gasteiger partial charge is 0.459 e. The van der Waals surface area contributed by atoms with Crippen LogP contribution in [0.25, 0.3) is 0 Å². The van der Waals surface area contributed by atoms with E-state index in [1.54, 1.807) is 0 Å². The van der Waals surface area contributed by atoms with Crippen molar-refractivity contribution in [2.75, 3.05) is 13.2 Å². The third kappa shape index (κ3) is 5.27. The minimum Gasteiger partial charge on any atom is -0.459 e. The first kappa shape index (κ1) is 31.0. The number of ether oxygens (including phenoxy) is 7. The SMILES string of the molecule is CCC(C)(OC(=O)C1C2OC3C(OC(=O)C31)C2OC(=O)COCC(=O)OC(C)C(F)(F)S(=O)(=O)O)C1CC2CCC1O2. The second-order valence-electron chi connectivity index (χ2n) is 11.4.